The lowest BCUT2D eigenvalue weighted by Gasteiger charge is -2.51. The maximum Gasteiger partial charge on any atom is 0.309 e. The van der Waals surface area contributed by atoms with Gasteiger partial charge in [-0.2, -0.15) is 0 Å². The van der Waals surface area contributed by atoms with Crippen molar-refractivity contribution in [2.24, 2.45) is 39.9 Å². The van der Waals surface area contributed by atoms with Crippen LogP contribution in [0.15, 0.2) is 12.2 Å². The van der Waals surface area contributed by atoms with E-state index in [-0.39, 0.29) is 17.8 Å². The van der Waals surface area contributed by atoms with Gasteiger partial charge in [-0.3, -0.25) is 9.59 Å². The van der Waals surface area contributed by atoms with Crippen molar-refractivity contribution in [2.45, 2.75) is 58.5 Å². The zero-order valence-corrected chi connectivity index (χ0v) is 15.0. The maximum absolute atomic E-state index is 12.4. The van der Waals surface area contributed by atoms with Crippen molar-refractivity contribution in [3.63, 3.8) is 0 Å². The summed E-state index contributed by atoms with van der Waals surface area (Å²) in [6, 6.07) is 0. The van der Waals surface area contributed by atoms with E-state index in [2.05, 4.69) is 13.5 Å². The highest BCUT2D eigenvalue weighted by atomic mass is 16.4. The van der Waals surface area contributed by atoms with E-state index >= 15 is 0 Å². The fourth-order valence-electron chi connectivity index (χ4n) is 8.01. The largest absolute Gasteiger partial charge is 0.481 e. The SMILES string of the molecule is C=C1C[C@]23C[C@H]1CC[C@H]2[C@]1(C)C[C@H](O)C[C@@](C)(C(=O)O)[C@H]1[C@@H]3C(=O)O. The molecule has 0 aromatic heterocycles. The standard InChI is InChI=1S/C20H28O5/c1-10-6-20-7-11(10)4-5-13(20)18(2)8-12(21)9-19(3,17(24)25)15(18)14(20)16(22)23/h11-15,21H,1,4-9H2,2-3H3,(H,22,23)(H,24,25)/t11-,12+,13+,14-,15+,18+,19-,20+/m1/s1. The first-order valence-corrected chi connectivity index (χ1v) is 9.38. The number of aliphatic hydroxyl groups excluding tert-OH is 1. The molecule has 0 aromatic carbocycles. The summed E-state index contributed by atoms with van der Waals surface area (Å²) in [5, 5.41) is 30.7. The minimum atomic E-state index is -1.21. The van der Waals surface area contributed by atoms with Crippen molar-refractivity contribution in [3.05, 3.63) is 12.2 Å². The Kier molecular flexibility index (Phi) is 3.33. The fraction of sp³-hybridized carbons (Fsp3) is 0.800. The summed E-state index contributed by atoms with van der Waals surface area (Å²) in [4.78, 5) is 24.7. The van der Waals surface area contributed by atoms with Gasteiger partial charge in [0.1, 0.15) is 0 Å². The van der Waals surface area contributed by atoms with Gasteiger partial charge in [-0.05, 0) is 74.0 Å². The van der Waals surface area contributed by atoms with Crippen molar-refractivity contribution in [1.29, 1.82) is 0 Å². The number of aliphatic carboxylic acids is 2. The van der Waals surface area contributed by atoms with E-state index in [9.17, 15) is 24.9 Å². The summed E-state index contributed by atoms with van der Waals surface area (Å²) < 4.78 is 0. The Hall–Kier alpha value is -1.36. The molecule has 25 heavy (non-hydrogen) atoms. The summed E-state index contributed by atoms with van der Waals surface area (Å²) in [5.74, 6) is -2.43. The molecule has 0 radical (unpaired) electrons. The molecule has 5 heteroatoms. The molecule has 0 saturated heterocycles. The van der Waals surface area contributed by atoms with Crippen LogP contribution in [0.5, 0.6) is 0 Å². The Morgan fingerprint density at radius 2 is 1.80 bits per heavy atom. The number of hydrogen-bond donors (Lipinski definition) is 3. The van der Waals surface area contributed by atoms with Crippen LogP contribution in [-0.4, -0.2) is 33.4 Å². The molecule has 0 amide bonds. The second-order valence-electron chi connectivity index (χ2n) is 9.68. The minimum Gasteiger partial charge on any atom is -0.481 e. The predicted molar refractivity (Wildman–Crippen MR) is 90.7 cm³/mol. The molecule has 1 spiro atoms. The first-order chi connectivity index (χ1) is 11.6. The lowest BCUT2D eigenvalue weighted by atomic mass is 9.52. The third-order valence-electron chi connectivity index (χ3n) is 8.49. The van der Waals surface area contributed by atoms with E-state index < -0.39 is 40.7 Å². The van der Waals surface area contributed by atoms with Gasteiger partial charge >= 0.3 is 11.9 Å². The van der Waals surface area contributed by atoms with E-state index in [0.29, 0.717) is 18.8 Å². The average molecular weight is 348 g/mol. The van der Waals surface area contributed by atoms with Crippen LogP contribution in [0.3, 0.4) is 0 Å². The summed E-state index contributed by atoms with van der Waals surface area (Å²) in [5.41, 5.74) is -0.898. The molecule has 4 saturated carbocycles. The van der Waals surface area contributed by atoms with E-state index in [1.165, 1.54) is 0 Å². The zero-order valence-electron chi connectivity index (χ0n) is 15.0. The van der Waals surface area contributed by atoms with Gasteiger partial charge in [-0.15, -0.1) is 0 Å². The number of aliphatic hydroxyl groups is 1. The predicted octanol–water partition coefficient (Wildman–Crippen LogP) is 2.93. The summed E-state index contributed by atoms with van der Waals surface area (Å²) in [6.45, 7) is 7.93. The van der Waals surface area contributed by atoms with Crippen LogP contribution in [0.25, 0.3) is 0 Å². The summed E-state index contributed by atoms with van der Waals surface area (Å²) in [6.07, 6.45) is 3.42. The molecule has 0 aromatic rings. The Bertz CT molecular complexity index is 671. The van der Waals surface area contributed by atoms with Crippen LogP contribution >= 0.6 is 0 Å². The smallest absolute Gasteiger partial charge is 0.309 e. The van der Waals surface area contributed by atoms with Gasteiger partial charge in [-0.1, -0.05) is 19.1 Å². The van der Waals surface area contributed by atoms with Gasteiger partial charge < -0.3 is 15.3 Å². The van der Waals surface area contributed by atoms with Crippen molar-refractivity contribution < 1.29 is 24.9 Å². The average Bonchev–Trinajstić information content (AvgIpc) is 2.86. The van der Waals surface area contributed by atoms with Gasteiger partial charge in [0.05, 0.1) is 17.4 Å². The number of fused-ring (bicyclic) bond motifs is 3. The summed E-state index contributed by atoms with van der Waals surface area (Å²) in [7, 11) is 0. The second-order valence-corrected chi connectivity index (χ2v) is 9.68. The molecule has 4 fully saturated rings. The van der Waals surface area contributed by atoms with E-state index in [1.807, 2.05) is 0 Å². The minimum absolute atomic E-state index is 0.138. The number of allylic oxidation sites excluding steroid dienone is 1. The molecule has 3 N–H and O–H groups in total. The molecule has 0 aliphatic heterocycles. The van der Waals surface area contributed by atoms with E-state index in [0.717, 1.165) is 24.8 Å². The Morgan fingerprint density at radius 1 is 1.12 bits per heavy atom. The molecule has 0 unspecified atom stereocenters. The lowest BCUT2D eigenvalue weighted by molar-refractivity contribution is -0.173. The van der Waals surface area contributed by atoms with Crippen LogP contribution in [0.2, 0.25) is 0 Å². The number of carboxylic acid groups (broad SMARTS) is 2. The number of rotatable bonds is 2. The van der Waals surface area contributed by atoms with Crippen LogP contribution in [0, 0.1) is 39.9 Å². The third kappa shape index (κ3) is 1.88. The molecule has 2 bridgehead atoms. The van der Waals surface area contributed by atoms with Gasteiger partial charge in [0.2, 0.25) is 0 Å². The second kappa shape index (κ2) is 4.87. The van der Waals surface area contributed by atoms with Crippen molar-refractivity contribution in [2.75, 3.05) is 0 Å². The first-order valence-electron chi connectivity index (χ1n) is 9.38. The molecule has 8 atom stereocenters. The summed E-state index contributed by atoms with van der Waals surface area (Å²) >= 11 is 0. The first kappa shape index (κ1) is 17.1. The highest BCUT2D eigenvalue weighted by molar-refractivity contribution is 5.79. The number of hydrogen-bond acceptors (Lipinski definition) is 3. The molecular formula is C20H28O5. The lowest BCUT2D eigenvalue weighted by Crippen LogP contribution is -2.54. The van der Waals surface area contributed by atoms with Crippen LogP contribution < -0.4 is 0 Å². The zero-order chi connectivity index (χ0) is 18.4. The number of carbonyl (C=O) groups is 2. The molecule has 138 valence electrons. The van der Waals surface area contributed by atoms with Crippen LogP contribution in [0.1, 0.15) is 52.4 Å². The van der Waals surface area contributed by atoms with Gasteiger partial charge in [0.25, 0.3) is 0 Å². The van der Waals surface area contributed by atoms with E-state index in [4.69, 9.17) is 0 Å². The highest BCUT2D eigenvalue weighted by Crippen LogP contribution is 2.77. The van der Waals surface area contributed by atoms with Gasteiger partial charge in [0.15, 0.2) is 0 Å². The monoisotopic (exact) mass is 348 g/mol. The third-order valence-corrected chi connectivity index (χ3v) is 8.49. The quantitative estimate of drug-likeness (QED) is 0.667. The van der Waals surface area contributed by atoms with Gasteiger partial charge in [0, 0.05) is 0 Å². The van der Waals surface area contributed by atoms with Crippen LogP contribution in [-0.2, 0) is 9.59 Å². The molecule has 5 nitrogen and oxygen atoms in total. The molecule has 4 aliphatic rings. The normalized spacial score (nSPS) is 54.0. The molecule has 4 aliphatic carbocycles. The Balaban J connectivity index is 1.94. The Morgan fingerprint density at radius 3 is 2.40 bits per heavy atom. The number of carboxylic acids is 2. The topological polar surface area (TPSA) is 94.8 Å². The maximum atomic E-state index is 12.4. The van der Waals surface area contributed by atoms with Crippen molar-refractivity contribution >= 4 is 11.9 Å². The molecular weight excluding hydrogens is 320 g/mol. The van der Waals surface area contributed by atoms with Crippen molar-refractivity contribution in [3.8, 4) is 0 Å². The van der Waals surface area contributed by atoms with E-state index in [1.54, 1.807) is 6.92 Å². The Labute approximate surface area is 148 Å². The highest BCUT2D eigenvalue weighted by Gasteiger charge is 2.75. The van der Waals surface area contributed by atoms with Crippen LogP contribution in [0.4, 0.5) is 0 Å². The molecule has 0 heterocycles. The van der Waals surface area contributed by atoms with Crippen molar-refractivity contribution in [1.82, 2.24) is 0 Å². The van der Waals surface area contributed by atoms with Gasteiger partial charge in [-0.25, -0.2) is 0 Å². The molecule has 4 rings (SSSR count). The fourth-order valence-corrected chi connectivity index (χ4v) is 8.01.